The van der Waals surface area contributed by atoms with E-state index in [1.807, 2.05) is 36.4 Å². The van der Waals surface area contributed by atoms with Crippen molar-refractivity contribution >= 4 is 5.82 Å². The van der Waals surface area contributed by atoms with Crippen molar-refractivity contribution in [1.29, 1.82) is 0 Å². The van der Waals surface area contributed by atoms with E-state index in [0.717, 1.165) is 11.3 Å². The fraction of sp³-hybridized carbons (Fsp3) is 0.0667. The van der Waals surface area contributed by atoms with E-state index >= 15 is 0 Å². The first-order chi connectivity index (χ1) is 9.33. The van der Waals surface area contributed by atoms with E-state index in [2.05, 4.69) is 22.2 Å². The minimum absolute atomic E-state index is 0.655. The Labute approximate surface area is 111 Å². The number of hydrogen-bond acceptors (Lipinski definition) is 3. The molecule has 0 bridgehead atoms. The Kier molecular flexibility index (Phi) is 2.98. The van der Waals surface area contributed by atoms with Crippen molar-refractivity contribution in [3.63, 3.8) is 0 Å². The van der Waals surface area contributed by atoms with Gasteiger partial charge >= 0.3 is 0 Å². The molecule has 2 aromatic heterocycles. The molecular formula is C15H14N4. The molecule has 0 aliphatic heterocycles. The van der Waals surface area contributed by atoms with Gasteiger partial charge in [0.15, 0.2) is 0 Å². The van der Waals surface area contributed by atoms with Crippen molar-refractivity contribution in [3.8, 4) is 11.3 Å². The number of benzene rings is 1. The molecule has 0 saturated carbocycles. The molecule has 0 aliphatic carbocycles. The largest absolute Gasteiger partial charge is 0.384 e. The standard InChI is InChI=1S/C15H14N4/c16-15-9-14(13-7-4-8-17-10-13)18-19(15)11-12-5-2-1-3-6-12/h1-10H,11,16H2. The van der Waals surface area contributed by atoms with Gasteiger partial charge in [0.25, 0.3) is 0 Å². The summed E-state index contributed by atoms with van der Waals surface area (Å²) in [6.45, 7) is 0.674. The van der Waals surface area contributed by atoms with E-state index in [4.69, 9.17) is 5.73 Å². The van der Waals surface area contributed by atoms with Crippen LogP contribution in [0.25, 0.3) is 11.3 Å². The number of hydrogen-bond donors (Lipinski definition) is 1. The maximum Gasteiger partial charge on any atom is 0.122 e. The van der Waals surface area contributed by atoms with Crippen LogP contribution in [0.1, 0.15) is 5.56 Å². The van der Waals surface area contributed by atoms with Crippen LogP contribution < -0.4 is 5.73 Å². The van der Waals surface area contributed by atoms with Crippen molar-refractivity contribution in [3.05, 3.63) is 66.5 Å². The maximum absolute atomic E-state index is 6.01. The van der Waals surface area contributed by atoms with Crippen molar-refractivity contribution in [2.24, 2.45) is 0 Å². The van der Waals surface area contributed by atoms with E-state index in [9.17, 15) is 0 Å². The molecule has 3 aromatic rings. The second-order valence-corrected chi connectivity index (χ2v) is 4.34. The lowest BCUT2D eigenvalue weighted by Crippen LogP contribution is -2.05. The Bertz CT molecular complexity index is 659. The van der Waals surface area contributed by atoms with Gasteiger partial charge in [-0.1, -0.05) is 30.3 Å². The van der Waals surface area contributed by atoms with Gasteiger partial charge in [0.2, 0.25) is 0 Å². The molecule has 0 amide bonds. The van der Waals surface area contributed by atoms with Crippen molar-refractivity contribution in [1.82, 2.24) is 14.8 Å². The van der Waals surface area contributed by atoms with E-state index < -0.39 is 0 Å². The van der Waals surface area contributed by atoms with Gasteiger partial charge in [-0.3, -0.25) is 4.98 Å². The Morgan fingerprint density at radius 1 is 1.05 bits per heavy atom. The quantitative estimate of drug-likeness (QED) is 0.777. The van der Waals surface area contributed by atoms with Crippen LogP contribution >= 0.6 is 0 Å². The van der Waals surface area contributed by atoms with Gasteiger partial charge < -0.3 is 5.73 Å². The Morgan fingerprint density at radius 2 is 1.89 bits per heavy atom. The van der Waals surface area contributed by atoms with Crippen LogP contribution in [-0.2, 0) is 6.54 Å². The first-order valence-electron chi connectivity index (χ1n) is 6.10. The summed E-state index contributed by atoms with van der Waals surface area (Å²) >= 11 is 0. The molecule has 0 radical (unpaired) electrons. The van der Waals surface area contributed by atoms with Crippen LogP contribution in [0.15, 0.2) is 60.9 Å². The molecule has 0 aliphatic rings. The highest BCUT2D eigenvalue weighted by atomic mass is 15.3. The minimum atomic E-state index is 0.655. The zero-order chi connectivity index (χ0) is 13.1. The Balaban J connectivity index is 1.90. The summed E-state index contributed by atoms with van der Waals surface area (Å²) in [5.74, 6) is 0.655. The molecule has 2 N–H and O–H groups in total. The van der Waals surface area contributed by atoms with Crippen molar-refractivity contribution in [2.75, 3.05) is 5.73 Å². The van der Waals surface area contributed by atoms with Crippen LogP contribution in [0, 0.1) is 0 Å². The third kappa shape index (κ3) is 2.47. The molecule has 0 saturated heterocycles. The summed E-state index contributed by atoms with van der Waals surface area (Å²) in [6, 6.07) is 15.9. The fourth-order valence-corrected chi connectivity index (χ4v) is 1.97. The summed E-state index contributed by atoms with van der Waals surface area (Å²) in [5.41, 5.74) is 9.00. The zero-order valence-electron chi connectivity index (χ0n) is 10.4. The third-order valence-electron chi connectivity index (χ3n) is 2.94. The van der Waals surface area contributed by atoms with E-state index in [1.54, 1.807) is 17.1 Å². The van der Waals surface area contributed by atoms with Crippen molar-refractivity contribution in [2.45, 2.75) is 6.54 Å². The predicted molar refractivity (Wildman–Crippen MR) is 75.4 cm³/mol. The lowest BCUT2D eigenvalue weighted by atomic mass is 10.2. The highest BCUT2D eigenvalue weighted by Gasteiger charge is 2.07. The average Bonchev–Trinajstić information content (AvgIpc) is 2.82. The van der Waals surface area contributed by atoms with Gasteiger partial charge in [0.1, 0.15) is 5.82 Å². The zero-order valence-corrected chi connectivity index (χ0v) is 10.4. The molecule has 4 nitrogen and oxygen atoms in total. The summed E-state index contributed by atoms with van der Waals surface area (Å²) in [7, 11) is 0. The molecule has 3 rings (SSSR count). The molecule has 2 heterocycles. The van der Waals surface area contributed by atoms with E-state index in [0.29, 0.717) is 12.4 Å². The first kappa shape index (κ1) is 11.5. The number of nitrogen functional groups attached to an aromatic ring is 1. The molecule has 4 heteroatoms. The summed E-state index contributed by atoms with van der Waals surface area (Å²) in [6.07, 6.45) is 3.53. The number of rotatable bonds is 3. The number of anilines is 1. The van der Waals surface area contributed by atoms with Gasteiger partial charge in [0, 0.05) is 24.0 Å². The molecular weight excluding hydrogens is 236 g/mol. The normalized spacial score (nSPS) is 10.5. The molecule has 0 unspecified atom stereocenters. The summed E-state index contributed by atoms with van der Waals surface area (Å²) in [4.78, 5) is 4.09. The lowest BCUT2D eigenvalue weighted by molar-refractivity contribution is 0.700. The Morgan fingerprint density at radius 3 is 2.63 bits per heavy atom. The molecule has 0 fully saturated rings. The van der Waals surface area contributed by atoms with Gasteiger partial charge in [-0.05, 0) is 17.7 Å². The van der Waals surface area contributed by atoms with Crippen LogP contribution in [0.2, 0.25) is 0 Å². The fourth-order valence-electron chi connectivity index (χ4n) is 1.97. The number of pyridine rings is 1. The minimum Gasteiger partial charge on any atom is -0.384 e. The number of nitrogens with two attached hydrogens (primary N) is 1. The molecule has 1 aromatic carbocycles. The summed E-state index contributed by atoms with van der Waals surface area (Å²) < 4.78 is 1.80. The van der Waals surface area contributed by atoms with Gasteiger partial charge in [-0.2, -0.15) is 5.10 Å². The topological polar surface area (TPSA) is 56.7 Å². The Hall–Kier alpha value is -2.62. The number of aromatic nitrogens is 3. The number of nitrogens with zero attached hydrogens (tertiary/aromatic N) is 3. The summed E-state index contributed by atoms with van der Waals surface area (Å²) in [5, 5.41) is 4.53. The van der Waals surface area contributed by atoms with Crippen LogP contribution in [0.3, 0.4) is 0 Å². The lowest BCUT2D eigenvalue weighted by Gasteiger charge is -2.03. The second-order valence-electron chi connectivity index (χ2n) is 4.34. The second kappa shape index (κ2) is 4.94. The van der Waals surface area contributed by atoms with Gasteiger partial charge in [0.05, 0.1) is 12.2 Å². The third-order valence-corrected chi connectivity index (χ3v) is 2.94. The average molecular weight is 250 g/mol. The maximum atomic E-state index is 6.01. The van der Waals surface area contributed by atoms with Crippen LogP contribution in [0.5, 0.6) is 0 Å². The van der Waals surface area contributed by atoms with Crippen LogP contribution in [-0.4, -0.2) is 14.8 Å². The molecule has 0 spiro atoms. The first-order valence-corrected chi connectivity index (χ1v) is 6.10. The van der Waals surface area contributed by atoms with Crippen LogP contribution in [0.4, 0.5) is 5.82 Å². The predicted octanol–water partition coefficient (Wildman–Crippen LogP) is 2.58. The SMILES string of the molecule is Nc1cc(-c2cccnc2)nn1Cc1ccccc1. The van der Waals surface area contributed by atoms with Gasteiger partial charge in [-0.25, -0.2) is 4.68 Å². The smallest absolute Gasteiger partial charge is 0.122 e. The molecule has 19 heavy (non-hydrogen) atoms. The van der Waals surface area contributed by atoms with Gasteiger partial charge in [-0.15, -0.1) is 0 Å². The van der Waals surface area contributed by atoms with E-state index in [1.165, 1.54) is 5.56 Å². The van der Waals surface area contributed by atoms with Crippen molar-refractivity contribution < 1.29 is 0 Å². The highest BCUT2D eigenvalue weighted by Crippen LogP contribution is 2.19. The van der Waals surface area contributed by atoms with E-state index in [-0.39, 0.29) is 0 Å². The molecule has 0 atom stereocenters. The highest BCUT2D eigenvalue weighted by molar-refractivity contribution is 5.61. The molecule has 94 valence electrons. The monoisotopic (exact) mass is 250 g/mol.